The Morgan fingerprint density at radius 2 is 2.21 bits per heavy atom. The summed E-state index contributed by atoms with van der Waals surface area (Å²) in [6.07, 6.45) is 1.61. The number of ether oxygens (including phenoxy) is 1. The highest BCUT2D eigenvalue weighted by Gasteiger charge is 2.21. The van der Waals surface area contributed by atoms with Gasteiger partial charge < -0.3 is 15.4 Å². The number of esters is 1. The van der Waals surface area contributed by atoms with Crippen molar-refractivity contribution in [3.63, 3.8) is 0 Å². The van der Waals surface area contributed by atoms with E-state index in [0.717, 1.165) is 0 Å². The van der Waals surface area contributed by atoms with Crippen LogP contribution in [0.15, 0.2) is 6.20 Å². The van der Waals surface area contributed by atoms with E-state index in [9.17, 15) is 9.59 Å². The van der Waals surface area contributed by atoms with E-state index in [1.165, 1.54) is 16.7 Å². The summed E-state index contributed by atoms with van der Waals surface area (Å²) in [4.78, 5) is 24.8. The molecule has 19 heavy (non-hydrogen) atoms. The van der Waals surface area contributed by atoms with Crippen LogP contribution in [0.25, 0.3) is 0 Å². The molecule has 0 radical (unpaired) electrons. The number of hydrogen-bond acceptors (Lipinski definition) is 6. The fourth-order valence-electron chi connectivity index (χ4n) is 1.50. The lowest BCUT2D eigenvalue weighted by Gasteiger charge is -2.25. The highest BCUT2D eigenvalue weighted by atomic mass is 16.5. The van der Waals surface area contributed by atoms with E-state index in [1.807, 2.05) is 13.8 Å². The van der Waals surface area contributed by atoms with Crippen molar-refractivity contribution < 1.29 is 14.3 Å². The monoisotopic (exact) mass is 269 g/mol. The lowest BCUT2D eigenvalue weighted by atomic mass is 10.3. The minimum absolute atomic E-state index is 0.0160. The molecule has 0 unspecified atom stereocenters. The molecule has 0 aliphatic heterocycles. The van der Waals surface area contributed by atoms with Gasteiger partial charge in [0.2, 0.25) is 5.91 Å². The molecular weight excluding hydrogens is 250 g/mol. The van der Waals surface area contributed by atoms with Crippen LogP contribution in [-0.4, -0.2) is 51.5 Å². The van der Waals surface area contributed by atoms with Crippen LogP contribution in [0.2, 0.25) is 0 Å². The van der Waals surface area contributed by atoms with Crippen molar-refractivity contribution >= 4 is 11.9 Å². The lowest BCUT2D eigenvalue weighted by Crippen LogP contribution is -2.42. The van der Waals surface area contributed by atoms with E-state index in [-0.39, 0.29) is 31.6 Å². The zero-order valence-corrected chi connectivity index (χ0v) is 11.4. The summed E-state index contributed by atoms with van der Waals surface area (Å²) in [5.41, 5.74) is 6.02. The molecule has 0 saturated carbocycles. The molecule has 1 heterocycles. The molecule has 1 aromatic rings. The van der Waals surface area contributed by atoms with Crippen LogP contribution < -0.4 is 5.73 Å². The van der Waals surface area contributed by atoms with Gasteiger partial charge in [0.15, 0.2) is 0 Å². The van der Waals surface area contributed by atoms with Gasteiger partial charge in [0.05, 0.1) is 19.0 Å². The van der Waals surface area contributed by atoms with E-state index >= 15 is 0 Å². The van der Waals surface area contributed by atoms with Crippen molar-refractivity contribution in [3.05, 3.63) is 11.9 Å². The average Bonchev–Trinajstić information content (AvgIpc) is 2.82. The molecule has 1 amide bonds. The molecule has 0 fully saturated rings. The number of carbonyl (C=O) groups is 2. The zero-order valence-electron chi connectivity index (χ0n) is 11.4. The highest BCUT2D eigenvalue weighted by molar-refractivity contribution is 5.82. The number of aromatic nitrogens is 3. The molecular formula is C11H19N5O3. The Hall–Kier alpha value is -1.96. The second kappa shape index (κ2) is 6.83. The summed E-state index contributed by atoms with van der Waals surface area (Å²) in [5, 5.41) is 7.59. The molecule has 0 saturated heterocycles. The maximum absolute atomic E-state index is 12.1. The maximum Gasteiger partial charge on any atom is 0.325 e. The normalized spacial score (nSPS) is 10.6. The molecule has 106 valence electrons. The SMILES string of the molecule is COC(=O)CN(C(=O)Cn1cc(CN)nn1)C(C)C. The Labute approximate surface area is 111 Å². The summed E-state index contributed by atoms with van der Waals surface area (Å²) in [5.74, 6) is -0.683. The maximum atomic E-state index is 12.1. The Balaban J connectivity index is 2.68. The van der Waals surface area contributed by atoms with Gasteiger partial charge in [-0.25, -0.2) is 4.68 Å². The second-order valence-electron chi connectivity index (χ2n) is 4.30. The standard InChI is InChI=1S/C11H19N5O3/c1-8(2)16(7-11(18)19-3)10(17)6-15-5-9(4-12)13-14-15/h5,8H,4,6-7,12H2,1-3H3. The lowest BCUT2D eigenvalue weighted by molar-refractivity contribution is -0.148. The summed E-state index contributed by atoms with van der Waals surface area (Å²) >= 11 is 0. The minimum atomic E-state index is -0.455. The van der Waals surface area contributed by atoms with Gasteiger partial charge in [-0.3, -0.25) is 9.59 Å². The van der Waals surface area contributed by atoms with E-state index in [4.69, 9.17) is 5.73 Å². The number of rotatable bonds is 6. The molecule has 8 nitrogen and oxygen atoms in total. The molecule has 1 rings (SSSR count). The number of carbonyl (C=O) groups excluding carboxylic acids is 2. The summed E-state index contributed by atoms with van der Waals surface area (Å²) in [7, 11) is 1.29. The van der Waals surface area contributed by atoms with Gasteiger partial charge in [-0.05, 0) is 13.8 Å². The number of nitrogens with two attached hydrogens (primary N) is 1. The Kier molecular flexibility index (Phi) is 5.43. The van der Waals surface area contributed by atoms with E-state index in [0.29, 0.717) is 5.69 Å². The minimum Gasteiger partial charge on any atom is -0.468 e. The first kappa shape index (κ1) is 15.1. The van der Waals surface area contributed by atoms with E-state index in [2.05, 4.69) is 15.0 Å². The fourth-order valence-corrected chi connectivity index (χ4v) is 1.50. The summed E-state index contributed by atoms with van der Waals surface area (Å²) < 4.78 is 5.97. The second-order valence-corrected chi connectivity index (χ2v) is 4.30. The topological polar surface area (TPSA) is 103 Å². The van der Waals surface area contributed by atoms with Crippen molar-refractivity contribution in [1.29, 1.82) is 0 Å². The molecule has 0 aliphatic rings. The van der Waals surface area contributed by atoms with Crippen molar-refractivity contribution in [1.82, 2.24) is 19.9 Å². The van der Waals surface area contributed by atoms with Crippen LogP contribution in [0.5, 0.6) is 0 Å². The number of methoxy groups -OCH3 is 1. The van der Waals surface area contributed by atoms with Crippen LogP contribution in [0.1, 0.15) is 19.5 Å². The van der Waals surface area contributed by atoms with Crippen molar-refractivity contribution in [2.75, 3.05) is 13.7 Å². The van der Waals surface area contributed by atoms with Gasteiger partial charge in [0.25, 0.3) is 0 Å². The summed E-state index contributed by atoms with van der Waals surface area (Å²) in [6, 6.07) is -0.107. The van der Waals surface area contributed by atoms with Crippen LogP contribution in [0.3, 0.4) is 0 Å². The Morgan fingerprint density at radius 3 is 2.68 bits per heavy atom. The average molecular weight is 269 g/mol. The van der Waals surface area contributed by atoms with Crippen LogP contribution in [0, 0.1) is 0 Å². The molecule has 2 N–H and O–H groups in total. The third-order valence-corrected chi connectivity index (χ3v) is 2.56. The first-order chi connectivity index (χ1) is 8.97. The van der Waals surface area contributed by atoms with Crippen LogP contribution >= 0.6 is 0 Å². The first-order valence-corrected chi connectivity index (χ1v) is 5.93. The Bertz CT molecular complexity index is 443. The van der Waals surface area contributed by atoms with Gasteiger partial charge >= 0.3 is 5.97 Å². The predicted molar refractivity (Wildman–Crippen MR) is 66.8 cm³/mol. The predicted octanol–water partition coefficient (Wildman–Crippen LogP) is -0.853. The van der Waals surface area contributed by atoms with E-state index in [1.54, 1.807) is 6.20 Å². The van der Waals surface area contributed by atoms with Gasteiger partial charge in [0, 0.05) is 12.6 Å². The van der Waals surface area contributed by atoms with E-state index < -0.39 is 5.97 Å². The largest absolute Gasteiger partial charge is 0.468 e. The smallest absolute Gasteiger partial charge is 0.325 e. The van der Waals surface area contributed by atoms with Crippen LogP contribution in [0.4, 0.5) is 0 Å². The molecule has 0 spiro atoms. The molecule has 8 heteroatoms. The molecule has 1 aromatic heterocycles. The first-order valence-electron chi connectivity index (χ1n) is 5.93. The van der Waals surface area contributed by atoms with Crippen molar-refractivity contribution in [2.24, 2.45) is 5.73 Å². The number of hydrogen-bond donors (Lipinski definition) is 1. The molecule has 0 atom stereocenters. The number of nitrogens with zero attached hydrogens (tertiary/aromatic N) is 4. The van der Waals surface area contributed by atoms with Crippen molar-refractivity contribution in [2.45, 2.75) is 33.0 Å². The van der Waals surface area contributed by atoms with Gasteiger partial charge in [0.1, 0.15) is 13.1 Å². The summed E-state index contributed by atoms with van der Waals surface area (Å²) in [6.45, 7) is 3.86. The van der Waals surface area contributed by atoms with Gasteiger partial charge in [-0.1, -0.05) is 5.21 Å². The molecule has 0 aliphatic carbocycles. The van der Waals surface area contributed by atoms with Gasteiger partial charge in [-0.2, -0.15) is 0 Å². The molecule has 0 aromatic carbocycles. The number of amides is 1. The quantitative estimate of drug-likeness (QED) is 0.674. The highest BCUT2D eigenvalue weighted by Crippen LogP contribution is 2.02. The van der Waals surface area contributed by atoms with Gasteiger partial charge in [-0.15, -0.1) is 5.10 Å². The van der Waals surface area contributed by atoms with Crippen molar-refractivity contribution in [3.8, 4) is 0 Å². The third kappa shape index (κ3) is 4.32. The zero-order chi connectivity index (χ0) is 14.4. The third-order valence-electron chi connectivity index (χ3n) is 2.56. The Morgan fingerprint density at radius 1 is 1.53 bits per heavy atom. The fraction of sp³-hybridized carbons (Fsp3) is 0.636. The van der Waals surface area contributed by atoms with Crippen LogP contribution in [-0.2, 0) is 27.4 Å². The molecule has 0 bridgehead atoms.